The van der Waals surface area contributed by atoms with Gasteiger partial charge in [0.05, 0.1) is 18.7 Å². The lowest BCUT2D eigenvalue weighted by atomic mass is 10.0. The van der Waals surface area contributed by atoms with Crippen LogP contribution in [0.3, 0.4) is 0 Å². The fraction of sp³-hybridized carbons (Fsp3) is 0.400. The van der Waals surface area contributed by atoms with Gasteiger partial charge < -0.3 is 5.11 Å². The highest BCUT2D eigenvalue weighted by Crippen LogP contribution is 2.16. The summed E-state index contributed by atoms with van der Waals surface area (Å²) in [6.07, 6.45) is 2.32. The van der Waals surface area contributed by atoms with Crippen LogP contribution in [0, 0.1) is 20.8 Å². The second-order valence-electron chi connectivity index (χ2n) is 5.16. The molecule has 5 heteroatoms. The lowest BCUT2D eigenvalue weighted by molar-refractivity contribution is -0.136. The Hall–Kier alpha value is -2.17. The fourth-order valence-electron chi connectivity index (χ4n) is 2.17. The average Bonchev–Trinajstić information content (AvgIpc) is 2.81. The van der Waals surface area contributed by atoms with E-state index in [9.17, 15) is 4.79 Å². The van der Waals surface area contributed by atoms with Crippen molar-refractivity contribution < 1.29 is 9.90 Å². The second-order valence-corrected chi connectivity index (χ2v) is 5.16. The molecule has 0 aliphatic heterocycles. The Bertz CT molecular complexity index is 609. The van der Waals surface area contributed by atoms with Crippen LogP contribution in [-0.2, 0) is 17.8 Å². The SMILES string of the molecule is Cc1cc(Cn2cc(CCC(=O)O)nn2)cc(C)c1C. The highest BCUT2D eigenvalue weighted by atomic mass is 16.4. The average molecular weight is 273 g/mol. The number of carbonyl (C=O) groups is 1. The van der Waals surface area contributed by atoms with E-state index >= 15 is 0 Å². The zero-order valence-electron chi connectivity index (χ0n) is 12.1. The van der Waals surface area contributed by atoms with Crippen molar-refractivity contribution in [3.05, 3.63) is 46.3 Å². The molecule has 0 aliphatic rings. The van der Waals surface area contributed by atoms with Crippen LogP contribution in [0.25, 0.3) is 0 Å². The third kappa shape index (κ3) is 3.44. The van der Waals surface area contributed by atoms with Gasteiger partial charge in [0.2, 0.25) is 0 Å². The quantitative estimate of drug-likeness (QED) is 0.907. The molecule has 0 spiro atoms. The predicted molar refractivity (Wildman–Crippen MR) is 75.7 cm³/mol. The summed E-state index contributed by atoms with van der Waals surface area (Å²) in [5, 5.41) is 16.7. The van der Waals surface area contributed by atoms with E-state index < -0.39 is 5.97 Å². The summed E-state index contributed by atoms with van der Waals surface area (Å²) in [4.78, 5) is 10.5. The minimum Gasteiger partial charge on any atom is -0.481 e. The van der Waals surface area contributed by atoms with Gasteiger partial charge in [-0.25, -0.2) is 4.68 Å². The molecule has 0 saturated carbocycles. The van der Waals surface area contributed by atoms with E-state index in [0.29, 0.717) is 18.7 Å². The summed E-state index contributed by atoms with van der Waals surface area (Å²) in [6.45, 7) is 6.98. The molecule has 0 atom stereocenters. The number of hydrogen-bond acceptors (Lipinski definition) is 3. The first-order valence-electron chi connectivity index (χ1n) is 6.63. The van der Waals surface area contributed by atoms with E-state index in [2.05, 4.69) is 43.2 Å². The molecule has 1 aromatic carbocycles. The molecule has 0 saturated heterocycles. The molecule has 0 fully saturated rings. The van der Waals surface area contributed by atoms with Crippen molar-refractivity contribution >= 4 is 5.97 Å². The standard InChI is InChI=1S/C15H19N3O2/c1-10-6-13(7-11(2)12(10)3)8-18-9-14(16-17-18)4-5-15(19)20/h6-7,9H,4-5,8H2,1-3H3,(H,19,20). The molecule has 1 heterocycles. The Morgan fingerprint density at radius 3 is 2.50 bits per heavy atom. The van der Waals surface area contributed by atoms with Crippen LogP contribution in [-0.4, -0.2) is 26.1 Å². The molecule has 0 unspecified atom stereocenters. The molecule has 2 rings (SSSR count). The predicted octanol–water partition coefficient (Wildman–Crippen LogP) is 2.27. The Balaban J connectivity index is 2.09. The minimum absolute atomic E-state index is 0.0848. The maximum absolute atomic E-state index is 10.5. The number of nitrogens with zero attached hydrogens (tertiary/aromatic N) is 3. The first-order valence-corrected chi connectivity index (χ1v) is 6.63. The zero-order chi connectivity index (χ0) is 14.7. The van der Waals surface area contributed by atoms with Gasteiger partial charge in [0, 0.05) is 12.6 Å². The number of carboxylic acids is 1. The van der Waals surface area contributed by atoms with Crippen LogP contribution in [0.1, 0.15) is 34.4 Å². The molecule has 5 nitrogen and oxygen atoms in total. The lowest BCUT2D eigenvalue weighted by Gasteiger charge is -2.08. The first-order chi connectivity index (χ1) is 9.45. The fourth-order valence-corrected chi connectivity index (χ4v) is 2.17. The molecular weight excluding hydrogens is 254 g/mol. The topological polar surface area (TPSA) is 68.0 Å². The summed E-state index contributed by atoms with van der Waals surface area (Å²) in [5.74, 6) is -0.815. The van der Waals surface area contributed by atoms with Crippen LogP contribution in [0.4, 0.5) is 0 Å². The van der Waals surface area contributed by atoms with Crippen LogP contribution in [0.5, 0.6) is 0 Å². The van der Waals surface area contributed by atoms with Crippen molar-refractivity contribution in [1.29, 1.82) is 0 Å². The van der Waals surface area contributed by atoms with Gasteiger partial charge in [-0.05, 0) is 43.0 Å². The van der Waals surface area contributed by atoms with Gasteiger partial charge in [0.15, 0.2) is 0 Å². The molecule has 106 valence electrons. The van der Waals surface area contributed by atoms with Gasteiger partial charge in [-0.1, -0.05) is 17.3 Å². The summed E-state index contributed by atoms with van der Waals surface area (Å²) < 4.78 is 1.75. The van der Waals surface area contributed by atoms with Gasteiger partial charge in [-0.3, -0.25) is 4.79 Å². The van der Waals surface area contributed by atoms with Crippen LogP contribution < -0.4 is 0 Å². The number of benzene rings is 1. The number of hydrogen-bond donors (Lipinski definition) is 1. The number of aryl methyl sites for hydroxylation is 3. The van der Waals surface area contributed by atoms with Gasteiger partial charge in [-0.2, -0.15) is 0 Å². The lowest BCUT2D eigenvalue weighted by Crippen LogP contribution is -2.02. The van der Waals surface area contributed by atoms with E-state index in [1.165, 1.54) is 22.3 Å². The molecule has 1 N–H and O–H groups in total. The summed E-state index contributed by atoms with van der Waals surface area (Å²) in [5.41, 5.74) is 5.75. The Morgan fingerprint density at radius 1 is 1.25 bits per heavy atom. The van der Waals surface area contributed by atoms with Gasteiger partial charge >= 0.3 is 5.97 Å². The van der Waals surface area contributed by atoms with Crippen molar-refractivity contribution in [2.45, 2.75) is 40.2 Å². The van der Waals surface area contributed by atoms with Gasteiger partial charge in [-0.15, -0.1) is 5.10 Å². The first kappa shape index (κ1) is 14.2. The normalized spacial score (nSPS) is 10.8. The summed E-state index contributed by atoms with van der Waals surface area (Å²) >= 11 is 0. The smallest absolute Gasteiger partial charge is 0.303 e. The Labute approximate surface area is 118 Å². The zero-order valence-corrected chi connectivity index (χ0v) is 12.1. The van der Waals surface area contributed by atoms with E-state index in [-0.39, 0.29) is 6.42 Å². The van der Waals surface area contributed by atoms with Crippen molar-refractivity contribution in [1.82, 2.24) is 15.0 Å². The van der Waals surface area contributed by atoms with E-state index in [1.54, 1.807) is 4.68 Å². The second kappa shape index (κ2) is 5.86. The highest BCUT2D eigenvalue weighted by Gasteiger charge is 2.06. The molecule has 0 amide bonds. The molecule has 0 radical (unpaired) electrons. The Kier molecular flexibility index (Phi) is 4.17. The minimum atomic E-state index is -0.815. The monoisotopic (exact) mass is 273 g/mol. The van der Waals surface area contributed by atoms with Crippen molar-refractivity contribution in [2.75, 3.05) is 0 Å². The highest BCUT2D eigenvalue weighted by molar-refractivity contribution is 5.66. The third-order valence-corrected chi connectivity index (χ3v) is 3.51. The summed E-state index contributed by atoms with van der Waals surface area (Å²) in [7, 11) is 0. The molecule has 20 heavy (non-hydrogen) atoms. The molecular formula is C15H19N3O2. The number of rotatable bonds is 5. The van der Waals surface area contributed by atoms with Crippen molar-refractivity contribution in [3.63, 3.8) is 0 Å². The van der Waals surface area contributed by atoms with Gasteiger partial charge in [0.25, 0.3) is 0 Å². The van der Waals surface area contributed by atoms with E-state index in [4.69, 9.17) is 5.11 Å². The van der Waals surface area contributed by atoms with Crippen molar-refractivity contribution in [3.8, 4) is 0 Å². The van der Waals surface area contributed by atoms with Crippen LogP contribution in [0.2, 0.25) is 0 Å². The molecule has 0 bridgehead atoms. The largest absolute Gasteiger partial charge is 0.481 e. The molecule has 0 aliphatic carbocycles. The summed E-state index contributed by atoms with van der Waals surface area (Å²) in [6, 6.07) is 4.31. The Morgan fingerprint density at radius 2 is 1.90 bits per heavy atom. The maximum atomic E-state index is 10.5. The van der Waals surface area contributed by atoms with Crippen LogP contribution in [0.15, 0.2) is 18.3 Å². The number of aromatic nitrogens is 3. The molecule has 2 aromatic rings. The van der Waals surface area contributed by atoms with Crippen LogP contribution >= 0.6 is 0 Å². The van der Waals surface area contributed by atoms with Crippen molar-refractivity contribution in [2.24, 2.45) is 0 Å². The maximum Gasteiger partial charge on any atom is 0.303 e. The van der Waals surface area contributed by atoms with E-state index in [0.717, 1.165) is 0 Å². The van der Waals surface area contributed by atoms with E-state index in [1.807, 2.05) is 6.20 Å². The number of aliphatic carboxylic acids is 1. The number of carboxylic acid groups (broad SMARTS) is 1. The van der Waals surface area contributed by atoms with Gasteiger partial charge in [0.1, 0.15) is 0 Å². The third-order valence-electron chi connectivity index (χ3n) is 3.51. The molecule has 1 aromatic heterocycles.